The minimum absolute atomic E-state index is 0.174. The average Bonchev–Trinajstić information content (AvgIpc) is 2.75. The van der Waals surface area contributed by atoms with E-state index >= 15 is 0 Å². The van der Waals surface area contributed by atoms with E-state index in [9.17, 15) is 14.4 Å². The first-order valence-corrected chi connectivity index (χ1v) is 6.41. The smallest absolute Gasteiger partial charge is 0.374 e. The van der Waals surface area contributed by atoms with E-state index in [0.717, 1.165) is 0 Å². The normalized spacial score (nSPS) is 22.9. The van der Waals surface area contributed by atoms with Gasteiger partial charge in [0.05, 0.1) is 12.0 Å². The third kappa shape index (κ3) is 4.31. The summed E-state index contributed by atoms with van der Waals surface area (Å²) < 4.78 is 9.90. The van der Waals surface area contributed by atoms with Gasteiger partial charge in [0.15, 0.2) is 6.23 Å². The molecule has 1 rings (SSSR count). The number of esters is 2. The van der Waals surface area contributed by atoms with E-state index in [4.69, 9.17) is 4.74 Å². The highest BCUT2D eigenvalue weighted by molar-refractivity contribution is 6.34. The van der Waals surface area contributed by atoms with E-state index in [2.05, 4.69) is 10.1 Å². The number of carbonyl (C=O) groups is 3. The second-order valence-electron chi connectivity index (χ2n) is 5.57. The van der Waals surface area contributed by atoms with Crippen LogP contribution in [0.3, 0.4) is 0 Å². The van der Waals surface area contributed by atoms with Crippen LogP contribution in [0.15, 0.2) is 0 Å². The predicted molar refractivity (Wildman–Crippen MR) is 67.1 cm³/mol. The van der Waals surface area contributed by atoms with Gasteiger partial charge in [-0.1, -0.05) is 0 Å². The van der Waals surface area contributed by atoms with Crippen molar-refractivity contribution in [1.29, 1.82) is 0 Å². The van der Waals surface area contributed by atoms with E-state index in [1.165, 1.54) is 0 Å². The van der Waals surface area contributed by atoms with Crippen molar-refractivity contribution in [3.63, 3.8) is 0 Å². The fraction of sp³-hybridized carbons (Fsp3) is 0.769. The molecular formula is C13H21NO5. The molecule has 1 aliphatic rings. The number of ketones is 1. The summed E-state index contributed by atoms with van der Waals surface area (Å²) in [5.74, 6) is -2.22. The first-order chi connectivity index (χ1) is 8.75. The average molecular weight is 271 g/mol. The van der Waals surface area contributed by atoms with Crippen molar-refractivity contribution in [2.24, 2.45) is 11.3 Å². The molecule has 1 saturated heterocycles. The second-order valence-corrected chi connectivity index (χ2v) is 5.57. The summed E-state index contributed by atoms with van der Waals surface area (Å²) in [7, 11) is 0. The minimum Gasteiger partial charge on any atom is -0.460 e. The lowest BCUT2D eigenvalue weighted by Gasteiger charge is -2.20. The Balaban J connectivity index is 2.48. The number of rotatable bonds is 4. The molecule has 1 N–H and O–H groups in total. The highest BCUT2D eigenvalue weighted by Gasteiger charge is 2.37. The fourth-order valence-electron chi connectivity index (χ4n) is 1.66. The number of hydrogen-bond acceptors (Lipinski definition) is 6. The van der Waals surface area contributed by atoms with Crippen molar-refractivity contribution in [3.8, 4) is 0 Å². The summed E-state index contributed by atoms with van der Waals surface area (Å²) in [6, 6.07) is 0. The molecule has 2 unspecified atom stereocenters. The third-order valence-electron chi connectivity index (χ3n) is 2.80. The lowest BCUT2D eigenvalue weighted by Crippen LogP contribution is -2.33. The van der Waals surface area contributed by atoms with Crippen LogP contribution in [0.4, 0.5) is 0 Å². The molecule has 2 atom stereocenters. The van der Waals surface area contributed by atoms with Crippen molar-refractivity contribution in [1.82, 2.24) is 5.32 Å². The zero-order valence-electron chi connectivity index (χ0n) is 11.8. The van der Waals surface area contributed by atoms with Crippen molar-refractivity contribution in [2.45, 2.75) is 40.3 Å². The Hall–Kier alpha value is -1.43. The summed E-state index contributed by atoms with van der Waals surface area (Å²) >= 11 is 0. The van der Waals surface area contributed by atoms with Gasteiger partial charge in [-0.3, -0.25) is 14.9 Å². The molecule has 0 aromatic rings. The van der Waals surface area contributed by atoms with Gasteiger partial charge in [-0.2, -0.15) is 0 Å². The highest BCUT2D eigenvalue weighted by atomic mass is 16.6. The predicted octanol–water partition coefficient (Wildman–Crippen LogP) is 0.643. The van der Waals surface area contributed by atoms with Crippen LogP contribution >= 0.6 is 0 Å². The molecule has 0 amide bonds. The summed E-state index contributed by atoms with van der Waals surface area (Å²) in [4.78, 5) is 34.7. The van der Waals surface area contributed by atoms with Gasteiger partial charge in [-0.25, -0.2) is 4.79 Å². The number of hydrogen-bond donors (Lipinski definition) is 1. The van der Waals surface area contributed by atoms with Crippen molar-refractivity contribution in [3.05, 3.63) is 0 Å². The van der Waals surface area contributed by atoms with Gasteiger partial charge in [0, 0.05) is 18.9 Å². The maximum atomic E-state index is 11.7. The highest BCUT2D eigenvalue weighted by Crippen LogP contribution is 2.21. The van der Waals surface area contributed by atoms with Gasteiger partial charge >= 0.3 is 11.9 Å². The molecule has 1 heterocycles. The minimum atomic E-state index is -0.822. The van der Waals surface area contributed by atoms with E-state index in [1.54, 1.807) is 27.7 Å². The van der Waals surface area contributed by atoms with Gasteiger partial charge in [0.25, 0.3) is 0 Å². The molecule has 0 saturated carbocycles. The zero-order chi connectivity index (χ0) is 14.6. The first kappa shape index (κ1) is 15.6. The summed E-state index contributed by atoms with van der Waals surface area (Å²) in [5.41, 5.74) is -0.592. The number of carbonyl (C=O) groups excluding carboxylic acids is 3. The molecule has 0 bridgehead atoms. The van der Waals surface area contributed by atoms with Gasteiger partial charge in [-0.15, -0.1) is 0 Å². The Kier molecular flexibility index (Phi) is 5.05. The van der Waals surface area contributed by atoms with Crippen LogP contribution in [0.1, 0.15) is 34.1 Å². The largest absolute Gasteiger partial charge is 0.460 e. The van der Waals surface area contributed by atoms with Gasteiger partial charge < -0.3 is 9.47 Å². The monoisotopic (exact) mass is 271 g/mol. The molecular weight excluding hydrogens is 250 g/mol. The number of Topliss-reactive ketones (excluding diaryl/α,β-unsaturated/α-hetero) is 1. The Bertz CT molecular complexity index is 372. The van der Waals surface area contributed by atoms with Crippen molar-refractivity contribution < 1.29 is 23.9 Å². The van der Waals surface area contributed by atoms with Crippen molar-refractivity contribution >= 4 is 17.7 Å². The lowest BCUT2D eigenvalue weighted by atomic mass is 9.97. The van der Waals surface area contributed by atoms with Gasteiger partial charge in [-0.05, 0) is 27.7 Å². The Morgan fingerprint density at radius 1 is 1.26 bits per heavy atom. The first-order valence-electron chi connectivity index (χ1n) is 6.41. The van der Waals surface area contributed by atoms with Gasteiger partial charge in [0.2, 0.25) is 5.78 Å². The second kappa shape index (κ2) is 6.14. The van der Waals surface area contributed by atoms with Crippen molar-refractivity contribution in [2.75, 3.05) is 13.2 Å². The summed E-state index contributed by atoms with van der Waals surface area (Å²) in [6.45, 7) is 7.40. The van der Waals surface area contributed by atoms with Crippen LogP contribution in [-0.2, 0) is 23.9 Å². The maximum absolute atomic E-state index is 11.7. The Morgan fingerprint density at radius 2 is 1.89 bits per heavy atom. The molecule has 0 aromatic heterocycles. The van der Waals surface area contributed by atoms with Crippen LogP contribution in [0.25, 0.3) is 0 Å². The molecule has 0 aromatic carbocycles. The topological polar surface area (TPSA) is 81.7 Å². The zero-order valence-corrected chi connectivity index (χ0v) is 11.8. The molecule has 1 fully saturated rings. The van der Waals surface area contributed by atoms with Crippen LogP contribution in [0.2, 0.25) is 0 Å². The molecule has 108 valence electrons. The fourth-order valence-corrected chi connectivity index (χ4v) is 1.66. The quantitative estimate of drug-likeness (QED) is 0.597. The molecule has 0 radical (unpaired) electrons. The van der Waals surface area contributed by atoms with E-state index in [0.29, 0.717) is 13.0 Å². The molecule has 6 heteroatoms. The van der Waals surface area contributed by atoms with Crippen LogP contribution < -0.4 is 5.32 Å². The molecule has 1 aliphatic heterocycles. The molecule has 6 nitrogen and oxygen atoms in total. The van der Waals surface area contributed by atoms with E-state index in [-0.39, 0.29) is 12.6 Å². The SMILES string of the molecule is CCOC(=O)C(=O)C1CNC(OC(=O)C(C)(C)C)C1. The maximum Gasteiger partial charge on any atom is 0.374 e. The number of nitrogens with one attached hydrogen (secondary N) is 1. The van der Waals surface area contributed by atoms with Crippen LogP contribution in [-0.4, -0.2) is 37.1 Å². The van der Waals surface area contributed by atoms with E-state index < -0.39 is 29.3 Å². The van der Waals surface area contributed by atoms with Gasteiger partial charge in [0.1, 0.15) is 0 Å². The lowest BCUT2D eigenvalue weighted by molar-refractivity contribution is -0.160. The molecule has 0 spiro atoms. The number of ether oxygens (including phenoxy) is 2. The molecule has 0 aliphatic carbocycles. The van der Waals surface area contributed by atoms with Crippen LogP contribution in [0.5, 0.6) is 0 Å². The van der Waals surface area contributed by atoms with Crippen LogP contribution in [0, 0.1) is 11.3 Å². The Morgan fingerprint density at radius 3 is 2.42 bits per heavy atom. The van der Waals surface area contributed by atoms with E-state index in [1.807, 2.05) is 0 Å². The summed E-state index contributed by atoms with van der Waals surface area (Å²) in [6.07, 6.45) is -0.213. The molecule has 19 heavy (non-hydrogen) atoms. The standard InChI is InChI=1S/C13H21NO5/c1-5-18-11(16)10(15)8-6-9(14-7-8)19-12(17)13(2,3)4/h8-9,14H,5-7H2,1-4H3. The summed E-state index contributed by atoms with van der Waals surface area (Å²) in [5, 5.41) is 2.92. The Labute approximate surface area is 112 Å². The third-order valence-corrected chi connectivity index (χ3v) is 2.80.